The van der Waals surface area contributed by atoms with Crippen LogP contribution >= 0.6 is 0 Å². The van der Waals surface area contributed by atoms with Gasteiger partial charge in [0.2, 0.25) is 0 Å². The van der Waals surface area contributed by atoms with Crippen LogP contribution in [0.15, 0.2) is 84.0 Å². The van der Waals surface area contributed by atoms with Crippen molar-refractivity contribution in [3.8, 4) is 5.69 Å². The lowest BCUT2D eigenvalue weighted by atomic mass is 10.1. The molecule has 0 saturated heterocycles. The number of nitrogens with zero attached hydrogens (tertiary/aromatic N) is 2. The SMILES string of the molecule is Cc1cc(/C=N\Nc2ccccc2)c(C)n1-c1cccc2ccccc12. The molecule has 4 aromatic rings. The molecule has 0 bridgehead atoms. The molecule has 1 N–H and O–H groups in total. The fourth-order valence-electron chi connectivity index (χ4n) is 3.38. The van der Waals surface area contributed by atoms with Crippen LogP contribution in [0.4, 0.5) is 5.69 Å². The molecule has 3 aromatic carbocycles. The van der Waals surface area contributed by atoms with Crippen LogP contribution in [0.25, 0.3) is 16.5 Å². The topological polar surface area (TPSA) is 29.3 Å². The number of para-hydroxylation sites is 1. The number of rotatable bonds is 4. The average molecular weight is 339 g/mol. The molecule has 0 amide bonds. The summed E-state index contributed by atoms with van der Waals surface area (Å²) in [6.45, 7) is 4.27. The van der Waals surface area contributed by atoms with Crippen molar-refractivity contribution in [1.29, 1.82) is 0 Å². The Morgan fingerprint density at radius 2 is 1.58 bits per heavy atom. The molecular formula is C23H21N3. The Morgan fingerprint density at radius 3 is 2.42 bits per heavy atom. The lowest BCUT2D eigenvalue weighted by Gasteiger charge is -2.13. The summed E-state index contributed by atoms with van der Waals surface area (Å²) in [7, 11) is 0. The number of benzene rings is 3. The number of nitrogens with one attached hydrogen (secondary N) is 1. The van der Waals surface area contributed by atoms with E-state index in [9.17, 15) is 0 Å². The number of fused-ring (bicyclic) bond motifs is 1. The molecule has 0 unspecified atom stereocenters. The predicted octanol–water partition coefficient (Wildman–Crippen LogP) is 5.69. The van der Waals surface area contributed by atoms with Crippen molar-refractivity contribution in [2.45, 2.75) is 13.8 Å². The highest BCUT2D eigenvalue weighted by Crippen LogP contribution is 2.26. The molecule has 0 atom stereocenters. The van der Waals surface area contributed by atoms with Crippen molar-refractivity contribution in [3.05, 3.63) is 95.8 Å². The van der Waals surface area contributed by atoms with Gasteiger partial charge in [0.1, 0.15) is 0 Å². The zero-order chi connectivity index (χ0) is 17.9. The smallest absolute Gasteiger partial charge is 0.0562 e. The first-order valence-electron chi connectivity index (χ1n) is 8.75. The van der Waals surface area contributed by atoms with Crippen molar-refractivity contribution < 1.29 is 0 Å². The molecule has 0 aliphatic carbocycles. The number of hydrogen-bond acceptors (Lipinski definition) is 2. The van der Waals surface area contributed by atoms with Gasteiger partial charge in [0.25, 0.3) is 0 Å². The third-order valence-corrected chi connectivity index (χ3v) is 4.65. The Balaban J connectivity index is 1.71. The van der Waals surface area contributed by atoms with Gasteiger partial charge in [-0.25, -0.2) is 0 Å². The van der Waals surface area contributed by atoms with Gasteiger partial charge in [0.05, 0.1) is 17.6 Å². The second-order valence-corrected chi connectivity index (χ2v) is 6.40. The maximum atomic E-state index is 4.39. The zero-order valence-electron chi connectivity index (χ0n) is 15.0. The van der Waals surface area contributed by atoms with E-state index in [1.54, 1.807) is 0 Å². The first-order valence-corrected chi connectivity index (χ1v) is 8.75. The Bertz CT molecular complexity index is 1070. The van der Waals surface area contributed by atoms with Crippen LogP contribution in [0, 0.1) is 13.8 Å². The van der Waals surface area contributed by atoms with Gasteiger partial charge in [-0.2, -0.15) is 5.10 Å². The van der Waals surface area contributed by atoms with Gasteiger partial charge in [-0.1, -0.05) is 54.6 Å². The highest BCUT2D eigenvalue weighted by atomic mass is 15.3. The van der Waals surface area contributed by atoms with E-state index >= 15 is 0 Å². The summed E-state index contributed by atoms with van der Waals surface area (Å²) in [6, 6.07) is 27.1. The zero-order valence-corrected chi connectivity index (χ0v) is 15.0. The van der Waals surface area contributed by atoms with E-state index in [4.69, 9.17) is 0 Å². The first kappa shape index (κ1) is 16.2. The van der Waals surface area contributed by atoms with Crippen LogP contribution in [-0.2, 0) is 0 Å². The largest absolute Gasteiger partial charge is 0.317 e. The molecule has 1 aromatic heterocycles. The molecule has 26 heavy (non-hydrogen) atoms. The Morgan fingerprint density at radius 1 is 0.846 bits per heavy atom. The Hall–Kier alpha value is -3.33. The molecule has 0 aliphatic heterocycles. The molecule has 128 valence electrons. The molecule has 3 nitrogen and oxygen atoms in total. The van der Waals surface area contributed by atoms with Gasteiger partial charge in [-0.05, 0) is 43.5 Å². The van der Waals surface area contributed by atoms with Crippen molar-refractivity contribution >= 4 is 22.7 Å². The van der Waals surface area contributed by atoms with Crippen LogP contribution < -0.4 is 5.43 Å². The third-order valence-electron chi connectivity index (χ3n) is 4.65. The Labute approximate surface area is 153 Å². The van der Waals surface area contributed by atoms with Gasteiger partial charge in [0.15, 0.2) is 0 Å². The highest BCUT2D eigenvalue weighted by molar-refractivity contribution is 5.91. The number of aryl methyl sites for hydroxylation is 1. The quantitative estimate of drug-likeness (QED) is 0.375. The van der Waals surface area contributed by atoms with E-state index in [1.807, 2.05) is 36.5 Å². The summed E-state index contributed by atoms with van der Waals surface area (Å²) >= 11 is 0. The van der Waals surface area contributed by atoms with Gasteiger partial charge >= 0.3 is 0 Å². The maximum absolute atomic E-state index is 4.39. The molecule has 3 heteroatoms. The molecule has 1 heterocycles. The van der Waals surface area contributed by atoms with Gasteiger partial charge in [0, 0.05) is 22.3 Å². The minimum atomic E-state index is 0.978. The summed E-state index contributed by atoms with van der Waals surface area (Å²) < 4.78 is 2.30. The van der Waals surface area contributed by atoms with E-state index in [2.05, 4.69) is 77.5 Å². The number of aromatic nitrogens is 1. The maximum Gasteiger partial charge on any atom is 0.0562 e. The van der Waals surface area contributed by atoms with E-state index in [1.165, 1.54) is 27.8 Å². The number of hydrogen-bond donors (Lipinski definition) is 1. The summed E-state index contributed by atoms with van der Waals surface area (Å²) in [6.07, 6.45) is 1.89. The first-order chi connectivity index (χ1) is 12.7. The normalized spacial score (nSPS) is 11.3. The standard InChI is InChI=1S/C23H21N3/c1-17-15-20(16-24-25-21-11-4-3-5-12-21)18(2)26(17)23-14-8-10-19-9-6-7-13-22(19)23/h3-16,25H,1-2H3/b24-16-. The minimum Gasteiger partial charge on any atom is -0.317 e. The summed E-state index contributed by atoms with van der Waals surface area (Å²) in [5, 5.41) is 6.90. The molecule has 0 radical (unpaired) electrons. The third kappa shape index (κ3) is 3.00. The molecule has 0 saturated carbocycles. The number of anilines is 1. The van der Waals surface area contributed by atoms with E-state index in [-0.39, 0.29) is 0 Å². The van der Waals surface area contributed by atoms with E-state index in [0.717, 1.165) is 11.3 Å². The van der Waals surface area contributed by atoms with Crippen molar-refractivity contribution in [2.24, 2.45) is 5.10 Å². The van der Waals surface area contributed by atoms with Crippen LogP contribution in [0.2, 0.25) is 0 Å². The highest BCUT2D eigenvalue weighted by Gasteiger charge is 2.11. The van der Waals surface area contributed by atoms with E-state index < -0.39 is 0 Å². The number of hydrazone groups is 1. The average Bonchev–Trinajstić information content (AvgIpc) is 2.96. The summed E-state index contributed by atoms with van der Waals surface area (Å²) in [5.74, 6) is 0. The fraction of sp³-hybridized carbons (Fsp3) is 0.0870. The lowest BCUT2D eigenvalue weighted by Crippen LogP contribution is -2.00. The Kier molecular flexibility index (Phi) is 4.28. The summed E-state index contributed by atoms with van der Waals surface area (Å²) in [4.78, 5) is 0. The van der Waals surface area contributed by atoms with Crippen LogP contribution in [0.5, 0.6) is 0 Å². The summed E-state index contributed by atoms with van der Waals surface area (Å²) in [5.41, 5.74) is 8.74. The second kappa shape index (κ2) is 6.89. The lowest BCUT2D eigenvalue weighted by molar-refractivity contribution is 0.973. The molecule has 0 aliphatic rings. The van der Waals surface area contributed by atoms with Crippen LogP contribution in [0.1, 0.15) is 17.0 Å². The molecular weight excluding hydrogens is 318 g/mol. The van der Waals surface area contributed by atoms with Crippen molar-refractivity contribution in [2.75, 3.05) is 5.43 Å². The second-order valence-electron chi connectivity index (χ2n) is 6.40. The van der Waals surface area contributed by atoms with E-state index in [0.29, 0.717) is 0 Å². The van der Waals surface area contributed by atoms with Crippen LogP contribution in [0.3, 0.4) is 0 Å². The fourth-order valence-corrected chi connectivity index (χ4v) is 3.38. The van der Waals surface area contributed by atoms with Gasteiger partial charge < -0.3 is 4.57 Å². The predicted molar refractivity (Wildman–Crippen MR) is 110 cm³/mol. The van der Waals surface area contributed by atoms with Crippen molar-refractivity contribution in [3.63, 3.8) is 0 Å². The monoisotopic (exact) mass is 339 g/mol. The molecule has 0 spiro atoms. The van der Waals surface area contributed by atoms with Gasteiger partial charge in [-0.3, -0.25) is 5.43 Å². The van der Waals surface area contributed by atoms with Crippen molar-refractivity contribution in [1.82, 2.24) is 4.57 Å². The molecule has 0 fully saturated rings. The molecule has 4 rings (SSSR count). The minimum absolute atomic E-state index is 0.978. The van der Waals surface area contributed by atoms with Gasteiger partial charge in [-0.15, -0.1) is 0 Å². The van der Waals surface area contributed by atoms with Crippen LogP contribution in [-0.4, -0.2) is 10.8 Å².